The highest BCUT2D eigenvalue weighted by molar-refractivity contribution is 5.31. The van der Waals surface area contributed by atoms with Gasteiger partial charge in [0.25, 0.3) is 0 Å². The molecule has 0 saturated carbocycles. The summed E-state index contributed by atoms with van der Waals surface area (Å²) in [6.07, 6.45) is 5.53. The van der Waals surface area contributed by atoms with Crippen LogP contribution in [0.25, 0.3) is 0 Å². The molecule has 1 nitrogen and oxygen atoms in total. The van der Waals surface area contributed by atoms with Gasteiger partial charge in [-0.3, -0.25) is 0 Å². The van der Waals surface area contributed by atoms with Gasteiger partial charge < -0.3 is 5.11 Å². The van der Waals surface area contributed by atoms with Gasteiger partial charge in [0.05, 0.1) is 6.10 Å². The number of aliphatic hydroxyl groups excluding tert-OH is 1. The van der Waals surface area contributed by atoms with Crippen LogP contribution in [0, 0.1) is 0 Å². The molecule has 0 aliphatic carbocycles. The lowest BCUT2D eigenvalue weighted by atomic mass is 9.87. The summed E-state index contributed by atoms with van der Waals surface area (Å²) in [6, 6.07) is 10.1. The quantitative estimate of drug-likeness (QED) is 0.722. The molecule has 0 heterocycles. The standard InChI is InChI=1S/C16H20O.C2H6/c1-4-10-13(5-2)16(17)15(6-3)14-11-8-7-9-12-14;1-2/h4-5,7-12,15-17H,1-2,6H2,3H3;1-2H3/b13-10+;. The Bertz CT molecular complexity index is 389. The fourth-order valence-electron chi connectivity index (χ4n) is 2.00. The van der Waals surface area contributed by atoms with Crippen LogP contribution in [0.1, 0.15) is 38.7 Å². The zero-order valence-electron chi connectivity index (χ0n) is 12.3. The number of allylic oxidation sites excluding steroid dienone is 2. The molecule has 2 unspecified atom stereocenters. The van der Waals surface area contributed by atoms with Crippen molar-refractivity contribution < 1.29 is 5.11 Å². The third-order valence-corrected chi connectivity index (χ3v) is 2.94. The van der Waals surface area contributed by atoms with Gasteiger partial charge >= 0.3 is 0 Å². The lowest BCUT2D eigenvalue weighted by molar-refractivity contribution is 0.179. The van der Waals surface area contributed by atoms with Crippen LogP contribution >= 0.6 is 0 Å². The molecule has 0 aliphatic heterocycles. The maximum atomic E-state index is 10.4. The van der Waals surface area contributed by atoms with Crippen LogP contribution < -0.4 is 0 Å². The third-order valence-electron chi connectivity index (χ3n) is 2.94. The SMILES string of the molecule is C=C/C=C(\C=C)C(O)C(CC)c1ccccc1.CC. The van der Waals surface area contributed by atoms with Crippen molar-refractivity contribution in [3.05, 3.63) is 72.9 Å². The predicted molar refractivity (Wildman–Crippen MR) is 85.3 cm³/mol. The first kappa shape index (κ1) is 17.4. The second kappa shape index (κ2) is 10.3. The molecule has 0 bridgehead atoms. The van der Waals surface area contributed by atoms with E-state index in [-0.39, 0.29) is 5.92 Å². The summed E-state index contributed by atoms with van der Waals surface area (Å²) >= 11 is 0. The van der Waals surface area contributed by atoms with Crippen molar-refractivity contribution >= 4 is 0 Å². The minimum atomic E-state index is -0.530. The van der Waals surface area contributed by atoms with Crippen molar-refractivity contribution in [1.29, 1.82) is 0 Å². The van der Waals surface area contributed by atoms with E-state index in [2.05, 4.69) is 20.1 Å². The van der Waals surface area contributed by atoms with Crippen molar-refractivity contribution in [1.82, 2.24) is 0 Å². The molecule has 0 aromatic heterocycles. The lowest BCUT2D eigenvalue weighted by Crippen LogP contribution is -2.19. The summed E-state index contributed by atoms with van der Waals surface area (Å²) in [6.45, 7) is 13.5. The van der Waals surface area contributed by atoms with E-state index in [0.717, 1.165) is 17.6 Å². The Hall–Kier alpha value is -1.60. The van der Waals surface area contributed by atoms with Gasteiger partial charge in [0.2, 0.25) is 0 Å². The molecular weight excluding hydrogens is 232 g/mol. The molecule has 0 aliphatic rings. The van der Waals surface area contributed by atoms with Crippen molar-refractivity contribution in [3.8, 4) is 0 Å². The van der Waals surface area contributed by atoms with Crippen LogP contribution in [0.2, 0.25) is 0 Å². The Balaban J connectivity index is 0.00000154. The van der Waals surface area contributed by atoms with E-state index in [9.17, 15) is 5.11 Å². The van der Waals surface area contributed by atoms with E-state index in [0.29, 0.717) is 0 Å². The average molecular weight is 258 g/mol. The Morgan fingerprint density at radius 1 is 1.21 bits per heavy atom. The molecule has 1 N–H and O–H groups in total. The van der Waals surface area contributed by atoms with Crippen LogP contribution in [0.5, 0.6) is 0 Å². The predicted octanol–water partition coefficient (Wildman–Crippen LogP) is 4.87. The highest BCUT2D eigenvalue weighted by Gasteiger charge is 2.20. The zero-order chi connectivity index (χ0) is 14.7. The minimum Gasteiger partial charge on any atom is -0.388 e. The first-order chi connectivity index (χ1) is 9.24. The molecule has 1 aromatic rings. The number of hydrogen-bond acceptors (Lipinski definition) is 1. The summed E-state index contributed by atoms with van der Waals surface area (Å²) in [5.74, 6) is 0.0976. The Labute approximate surface area is 118 Å². The lowest BCUT2D eigenvalue weighted by Gasteiger charge is -2.23. The third kappa shape index (κ3) is 5.27. The summed E-state index contributed by atoms with van der Waals surface area (Å²) in [5.41, 5.74) is 1.97. The van der Waals surface area contributed by atoms with Crippen LogP contribution in [-0.2, 0) is 0 Å². The molecule has 2 atom stereocenters. The maximum Gasteiger partial charge on any atom is 0.0858 e. The molecule has 0 saturated heterocycles. The largest absolute Gasteiger partial charge is 0.388 e. The summed E-state index contributed by atoms with van der Waals surface area (Å²) in [7, 11) is 0. The van der Waals surface area contributed by atoms with Gasteiger partial charge in [-0.1, -0.05) is 82.5 Å². The van der Waals surface area contributed by atoms with Crippen LogP contribution in [0.15, 0.2) is 67.3 Å². The van der Waals surface area contributed by atoms with Gasteiger partial charge in [-0.25, -0.2) is 0 Å². The van der Waals surface area contributed by atoms with E-state index in [1.54, 1.807) is 12.2 Å². The highest BCUT2D eigenvalue weighted by atomic mass is 16.3. The fraction of sp³-hybridized carbons (Fsp3) is 0.333. The highest BCUT2D eigenvalue weighted by Crippen LogP contribution is 2.27. The molecule has 0 spiro atoms. The van der Waals surface area contributed by atoms with Crippen molar-refractivity contribution in [2.45, 2.75) is 39.2 Å². The van der Waals surface area contributed by atoms with Crippen LogP contribution in [0.3, 0.4) is 0 Å². The molecule has 1 rings (SSSR count). The van der Waals surface area contributed by atoms with E-state index in [1.807, 2.05) is 50.3 Å². The van der Waals surface area contributed by atoms with E-state index < -0.39 is 6.10 Å². The van der Waals surface area contributed by atoms with Gasteiger partial charge in [-0.2, -0.15) is 0 Å². The summed E-state index contributed by atoms with van der Waals surface area (Å²) < 4.78 is 0. The average Bonchev–Trinajstić information content (AvgIpc) is 2.48. The Morgan fingerprint density at radius 3 is 2.21 bits per heavy atom. The zero-order valence-corrected chi connectivity index (χ0v) is 12.3. The molecule has 1 aromatic carbocycles. The maximum absolute atomic E-state index is 10.4. The first-order valence-corrected chi connectivity index (χ1v) is 6.92. The topological polar surface area (TPSA) is 20.2 Å². The molecule has 104 valence electrons. The number of rotatable bonds is 6. The molecule has 0 amide bonds. The number of aliphatic hydroxyl groups is 1. The smallest absolute Gasteiger partial charge is 0.0858 e. The Kier molecular flexibility index (Phi) is 9.46. The summed E-state index contributed by atoms with van der Waals surface area (Å²) in [5, 5.41) is 10.4. The normalized spacial score (nSPS) is 13.8. The van der Waals surface area contributed by atoms with Crippen LogP contribution in [0.4, 0.5) is 0 Å². The molecule has 0 fully saturated rings. The minimum absolute atomic E-state index is 0.0976. The van der Waals surface area contributed by atoms with Gasteiger partial charge in [0.1, 0.15) is 0 Å². The first-order valence-electron chi connectivity index (χ1n) is 6.92. The van der Waals surface area contributed by atoms with Crippen molar-refractivity contribution in [3.63, 3.8) is 0 Å². The van der Waals surface area contributed by atoms with Gasteiger partial charge in [-0.15, -0.1) is 0 Å². The molecular formula is C18H26O. The van der Waals surface area contributed by atoms with E-state index >= 15 is 0 Å². The van der Waals surface area contributed by atoms with Gasteiger partial charge in [0, 0.05) is 5.92 Å². The van der Waals surface area contributed by atoms with Gasteiger partial charge in [-0.05, 0) is 17.6 Å². The van der Waals surface area contributed by atoms with Crippen molar-refractivity contribution in [2.75, 3.05) is 0 Å². The second-order valence-corrected chi connectivity index (χ2v) is 3.98. The Morgan fingerprint density at radius 2 is 1.79 bits per heavy atom. The van der Waals surface area contributed by atoms with E-state index in [1.165, 1.54) is 0 Å². The molecule has 1 heteroatoms. The van der Waals surface area contributed by atoms with Crippen LogP contribution in [-0.4, -0.2) is 11.2 Å². The van der Waals surface area contributed by atoms with E-state index in [4.69, 9.17) is 0 Å². The molecule has 0 radical (unpaired) electrons. The monoisotopic (exact) mass is 258 g/mol. The number of benzene rings is 1. The second-order valence-electron chi connectivity index (χ2n) is 3.98. The molecule has 19 heavy (non-hydrogen) atoms. The fourth-order valence-corrected chi connectivity index (χ4v) is 2.00. The van der Waals surface area contributed by atoms with Gasteiger partial charge in [0.15, 0.2) is 0 Å². The van der Waals surface area contributed by atoms with Crippen molar-refractivity contribution in [2.24, 2.45) is 0 Å². The number of hydrogen-bond donors (Lipinski definition) is 1. The summed E-state index contributed by atoms with van der Waals surface area (Å²) in [4.78, 5) is 0.